The van der Waals surface area contributed by atoms with Gasteiger partial charge < -0.3 is 15.4 Å². The third-order valence-corrected chi connectivity index (χ3v) is 2.49. The van der Waals surface area contributed by atoms with Crippen molar-refractivity contribution in [2.75, 3.05) is 40.4 Å². The van der Waals surface area contributed by atoms with Crippen molar-refractivity contribution in [1.82, 2.24) is 4.90 Å². The van der Waals surface area contributed by atoms with E-state index in [-0.39, 0.29) is 5.41 Å². The van der Waals surface area contributed by atoms with Crippen molar-refractivity contribution in [2.45, 2.75) is 12.8 Å². The van der Waals surface area contributed by atoms with Crippen LogP contribution in [0.5, 0.6) is 0 Å². The second-order valence-electron chi connectivity index (χ2n) is 4.10. The van der Waals surface area contributed by atoms with Gasteiger partial charge >= 0.3 is 0 Å². The molecule has 1 saturated heterocycles. The Morgan fingerprint density at radius 3 is 2.67 bits per heavy atom. The molecule has 0 radical (unpaired) electrons. The molecule has 0 bridgehead atoms. The molecular weight excluding hydrogens is 152 g/mol. The molecule has 0 saturated carbocycles. The monoisotopic (exact) mass is 172 g/mol. The zero-order valence-corrected chi connectivity index (χ0v) is 8.18. The highest BCUT2D eigenvalue weighted by Crippen LogP contribution is 2.27. The Hall–Kier alpha value is -0.120. The second kappa shape index (κ2) is 4.21. The van der Waals surface area contributed by atoms with E-state index in [0.717, 1.165) is 32.7 Å². The van der Waals surface area contributed by atoms with Crippen LogP contribution in [0, 0.1) is 5.41 Å². The van der Waals surface area contributed by atoms with Gasteiger partial charge in [-0.1, -0.05) is 0 Å². The Labute approximate surface area is 74.9 Å². The van der Waals surface area contributed by atoms with E-state index < -0.39 is 0 Å². The molecule has 3 heteroatoms. The number of ether oxygens (including phenoxy) is 1. The van der Waals surface area contributed by atoms with E-state index in [0.29, 0.717) is 0 Å². The molecule has 1 fully saturated rings. The smallest absolute Gasteiger partial charge is 0.0546 e. The summed E-state index contributed by atoms with van der Waals surface area (Å²) in [5.41, 5.74) is 6.00. The lowest BCUT2D eigenvalue weighted by molar-refractivity contribution is -0.0151. The summed E-state index contributed by atoms with van der Waals surface area (Å²) in [6, 6.07) is 0. The fourth-order valence-electron chi connectivity index (χ4n) is 1.93. The summed E-state index contributed by atoms with van der Waals surface area (Å²) in [5.74, 6) is 0. The van der Waals surface area contributed by atoms with Crippen LogP contribution in [0.3, 0.4) is 0 Å². The Kier molecular flexibility index (Phi) is 3.50. The lowest BCUT2D eigenvalue weighted by Gasteiger charge is -2.37. The van der Waals surface area contributed by atoms with Crippen molar-refractivity contribution < 1.29 is 4.74 Å². The predicted octanol–water partition coefficient (Wildman–Crippen LogP) is 0.303. The fourth-order valence-corrected chi connectivity index (χ4v) is 1.93. The van der Waals surface area contributed by atoms with E-state index in [1.165, 1.54) is 6.42 Å². The fraction of sp³-hybridized carbons (Fsp3) is 1.00. The van der Waals surface area contributed by atoms with Crippen LogP contribution in [-0.2, 0) is 4.74 Å². The third-order valence-electron chi connectivity index (χ3n) is 2.49. The van der Waals surface area contributed by atoms with Gasteiger partial charge in [0.1, 0.15) is 0 Å². The van der Waals surface area contributed by atoms with Gasteiger partial charge in [0.25, 0.3) is 0 Å². The molecule has 0 aromatic heterocycles. The maximum atomic E-state index is 5.78. The molecular formula is C9H20N2O. The summed E-state index contributed by atoms with van der Waals surface area (Å²) in [4.78, 5) is 2.20. The van der Waals surface area contributed by atoms with Gasteiger partial charge in [-0.15, -0.1) is 0 Å². The standard InChI is InChI=1S/C9H20N2O/c1-11(2)7-9(6-10)4-3-5-12-8-9/h3-8,10H2,1-2H3. The van der Waals surface area contributed by atoms with Gasteiger partial charge in [-0.05, 0) is 26.9 Å². The SMILES string of the molecule is CN(C)CC1(CN)CCCOC1. The normalized spacial score (nSPS) is 31.0. The van der Waals surface area contributed by atoms with E-state index >= 15 is 0 Å². The Balaban J connectivity index is 2.48. The highest BCUT2D eigenvalue weighted by molar-refractivity contribution is 4.84. The summed E-state index contributed by atoms with van der Waals surface area (Å²) in [6.45, 7) is 3.53. The molecule has 0 aliphatic carbocycles. The molecule has 72 valence electrons. The molecule has 0 aromatic carbocycles. The molecule has 2 N–H and O–H groups in total. The summed E-state index contributed by atoms with van der Waals surface area (Å²) >= 11 is 0. The Morgan fingerprint density at radius 1 is 1.50 bits per heavy atom. The topological polar surface area (TPSA) is 38.5 Å². The highest BCUT2D eigenvalue weighted by Gasteiger charge is 2.31. The minimum atomic E-state index is 0.224. The average Bonchev–Trinajstić information content (AvgIpc) is 2.05. The van der Waals surface area contributed by atoms with Crippen molar-refractivity contribution in [3.8, 4) is 0 Å². The van der Waals surface area contributed by atoms with Crippen molar-refractivity contribution >= 4 is 0 Å². The first-order valence-electron chi connectivity index (χ1n) is 4.61. The number of hydrogen-bond acceptors (Lipinski definition) is 3. The second-order valence-corrected chi connectivity index (χ2v) is 4.10. The van der Waals surface area contributed by atoms with Crippen LogP contribution in [0.25, 0.3) is 0 Å². The molecule has 1 rings (SSSR count). The first kappa shape index (κ1) is 9.96. The minimum Gasteiger partial charge on any atom is -0.381 e. The molecule has 1 aliphatic rings. The number of nitrogens with zero attached hydrogens (tertiary/aromatic N) is 1. The third kappa shape index (κ3) is 2.44. The lowest BCUT2D eigenvalue weighted by Crippen LogP contribution is -2.45. The quantitative estimate of drug-likeness (QED) is 0.665. The molecule has 0 amide bonds. The zero-order valence-electron chi connectivity index (χ0n) is 8.18. The molecule has 3 nitrogen and oxygen atoms in total. The molecule has 1 unspecified atom stereocenters. The van der Waals surface area contributed by atoms with Gasteiger partial charge in [0.15, 0.2) is 0 Å². The van der Waals surface area contributed by atoms with E-state index in [9.17, 15) is 0 Å². The van der Waals surface area contributed by atoms with Crippen molar-refractivity contribution in [1.29, 1.82) is 0 Å². The van der Waals surface area contributed by atoms with Crippen LogP contribution in [0.15, 0.2) is 0 Å². The summed E-state index contributed by atoms with van der Waals surface area (Å²) in [6.07, 6.45) is 2.37. The van der Waals surface area contributed by atoms with Gasteiger partial charge in [0.2, 0.25) is 0 Å². The summed E-state index contributed by atoms with van der Waals surface area (Å²) in [5, 5.41) is 0. The van der Waals surface area contributed by atoms with Crippen LogP contribution in [-0.4, -0.2) is 45.3 Å². The molecule has 0 aromatic rings. The first-order valence-corrected chi connectivity index (χ1v) is 4.61. The summed E-state index contributed by atoms with van der Waals surface area (Å²) in [7, 11) is 4.18. The molecule has 1 atom stereocenters. The maximum absolute atomic E-state index is 5.78. The lowest BCUT2D eigenvalue weighted by atomic mass is 9.82. The van der Waals surface area contributed by atoms with E-state index in [4.69, 9.17) is 10.5 Å². The first-order chi connectivity index (χ1) is 5.68. The predicted molar refractivity (Wildman–Crippen MR) is 50.1 cm³/mol. The van der Waals surface area contributed by atoms with Crippen LogP contribution in [0.1, 0.15) is 12.8 Å². The van der Waals surface area contributed by atoms with E-state index in [1.807, 2.05) is 0 Å². The van der Waals surface area contributed by atoms with Gasteiger partial charge in [0.05, 0.1) is 6.61 Å². The Morgan fingerprint density at radius 2 is 2.25 bits per heavy atom. The minimum absolute atomic E-state index is 0.224. The largest absolute Gasteiger partial charge is 0.381 e. The number of hydrogen-bond donors (Lipinski definition) is 1. The zero-order chi connectivity index (χ0) is 9.03. The van der Waals surface area contributed by atoms with Crippen molar-refractivity contribution in [3.63, 3.8) is 0 Å². The summed E-state index contributed by atoms with van der Waals surface area (Å²) < 4.78 is 5.47. The van der Waals surface area contributed by atoms with Gasteiger partial charge in [-0.2, -0.15) is 0 Å². The molecule has 1 aliphatic heterocycles. The molecule has 12 heavy (non-hydrogen) atoms. The van der Waals surface area contributed by atoms with Crippen molar-refractivity contribution in [3.05, 3.63) is 0 Å². The van der Waals surface area contributed by atoms with Gasteiger partial charge in [-0.3, -0.25) is 0 Å². The van der Waals surface area contributed by atoms with Gasteiger partial charge in [0, 0.05) is 25.1 Å². The van der Waals surface area contributed by atoms with Crippen LogP contribution in [0.4, 0.5) is 0 Å². The van der Waals surface area contributed by atoms with Crippen LogP contribution in [0.2, 0.25) is 0 Å². The Bertz CT molecular complexity index is 130. The number of rotatable bonds is 3. The molecule has 1 heterocycles. The van der Waals surface area contributed by atoms with Crippen LogP contribution < -0.4 is 5.73 Å². The highest BCUT2D eigenvalue weighted by atomic mass is 16.5. The van der Waals surface area contributed by atoms with Gasteiger partial charge in [-0.25, -0.2) is 0 Å². The number of nitrogens with two attached hydrogens (primary N) is 1. The van der Waals surface area contributed by atoms with E-state index in [2.05, 4.69) is 19.0 Å². The van der Waals surface area contributed by atoms with Crippen LogP contribution >= 0.6 is 0 Å². The van der Waals surface area contributed by atoms with E-state index in [1.54, 1.807) is 0 Å². The maximum Gasteiger partial charge on any atom is 0.0546 e. The molecule has 0 spiro atoms. The van der Waals surface area contributed by atoms with Crippen molar-refractivity contribution in [2.24, 2.45) is 11.1 Å². The average molecular weight is 172 g/mol.